The van der Waals surface area contributed by atoms with Gasteiger partial charge in [-0.3, -0.25) is 58.6 Å². The monoisotopic (exact) mass is 1250 g/mol. The summed E-state index contributed by atoms with van der Waals surface area (Å²) >= 11 is 0. The second-order valence-corrected chi connectivity index (χ2v) is 26.7. The number of aliphatic hydroxyl groups is 2. The number of hydrogen-bond donors (Lipinski definition) is 7. The highest BCUT2D eigenvalue weighted by Crippen LogP contribution is 2.25. The number of carbonyl (C=O) groups excluding carboxylic acids is 11. The van der Waals surface area contributed by atoms with E-state index in [0.717, 1.165) is 14.7 Å². The summed E-state index contributed by atoms with van der Waals surface area (Å²) in [7, 11) is 6.89. The Morgan fingerprint density at radius 2 is 1.23 bits per heavy atom. The highest BCUT2D eigenvalue weighted by atomic mass is 16.5. The van der Waals surface area contributed by atoms with Gasteiger partial charge in [-0.25, -0.2) is 0 Å². The van der Waals surface area contributed by atoms with Crippen LogP contribution in [-0.4, -0.2) is 233 Å². The molecule has 0 fully saturated rings. The third-order valence-electron chi connectivity index (χ3n) is 16.1. The number of rotatable bonds is 44. The van der Waals surface area contributed by atoms with Crippen molar-refractivity contribution in [1.82, 2.24) is 50.7 Å². The zero-order valence-electron chi connectivity index (χ0n) is 57.5. The molecule has 0 aliphatic carbocycles. The molecule has 0 saturated heterocycles. The van der Waals surface area contributed by atoms with E-state index in [0.29, 0.717) is 57.5 Å². The minimum Gasteiger partial charge on any atom is -0.391 e. The van der Waals surface area contributed by atoms with Crippen molar-refractivity contribution in [3.63, 3.8) is 0 Å². The molecule has 0 rings (SSSR count). The van der Waals surface area contributed by atoms with Crippen LogP contribution in [0, 0.1) is 35.5 Å². The molecule has 25 heteroatoms. The number of aldehydes is 3. The molecule has 25 nitrogen and oxygen atoms in total. The van der Waals surface area contributed by atoms with Crippen molar-refractivity contribution in [2.45, 2.75) is 248 Å². The molecule has 13 atom stereocenters. The first kappa shape index (κ1) is 82.5. The topological polar surface area (TPSA) is 331 Å². The van der Waals surface area contributed by atoms with Crippen molar-refractivity contribution >= 4 is 66.1 Å². The van der Waals surface area contributed by atoms with E-state index in [-0.39, 0.29) is 79.7 Å². The normalized spacial score (nSPS) is 17.0. The lowest BCUT2D eigenvalue weighted by Crippen LogP contribution is -2.66. The van der Waals surface area contributed by atoms with Gasteiger partial charge < -0.3 is 65.5 Å². The smallest absolute Gasteiger partial charge is 0.252 e. The summed E-state index contributed by atoms with van der Waals surface area (Å²) in [4.78, 5) is 156. The maximum Gasteiger partial charge on any atom is 0.252 e. The van der Waals surface area contributed by atoms with Gasteiger partial charge in [0.1, 0.15) is 36.6 Å². The van der Waals surface area contributed by atoms with Gasteiger partial charge >= 0.3 is 0 Å². The average Bonchev–Trinajstić information content (AvgIpc) is 3.55. The molecule has 0 aliphatic heterocycles. The molecule has 0 aromatic heterocycles. The Morgan fingerprint density at radius 3 is 1.67 bits per heavy atom. The third-order valence-corrected chi connectivity index (χ3v) is 16.1. The Balaban J connectivity index is 6.79. The number of nitrogens with one attached hydrogen (secondary N) is 4. The van der Waals surface area contributed by atoms with E-state index < -0.39 is 114 Å². The number of hydrogen-bond acceptors (Lipinski definition) is 17. The maximum absolute atomic E-state index is 14.6. The molecular formula is C63H117N11O14. The molecular weight excluding hydrogens is 1130 g/mol. The van der Waals surface area contributed by atoms with E-state index >= 15 is 0 Å². The largest absolute Gasteiger partial charge is 0.391 e. The second-order valence-electron chi connectivity index (χ2n) is 26.7. The Morgan fingerprint density at radius 1 is 0.648 bits per heavy atom. The minimum atomic E-state index is -1.78. The molecule has 8 N–H and O–H groups in total. The number of carbonyl (C=O) groups is 11. The lowest BCUT2D eigenvalue weighted by Gasteiger charge is -2.42. The van der Waals surface area contributed by atoms with Gasteiger partial charge in [-0.15, -0.1) is 0 Å². The van der Waals surface area contributed by atoms with E-state index in [1.807, 2.05) is 76.2 Å². The SMILES string of the molecule is CCCC(NCC(C)CC(C=O)NC(C=O)(CC(C)C)N(C)C(=O)CN(C)C(=O)C(NC(=O)C(CC(C)CCN(C(C)=O)C(C)C)N(C)C(=O)C(C(C)O)N(C)C(=O)CCC(C)C)C(C)O)NC(C)(C=O)OC(C(=O)N(C)C(CC(C)C)C(N)=O)C(C)C. The summed E-state index contributed by atoms with van der Waals surface area (Å²) in [5, 5.41) is 34.4. The summed E-state index contributed by atoms with van der Waals surface area (Å²) in [6.07, 6.45) is -0.0563. The van der Waals surface area contributed by atoms with Crippen LogP contribution < -0.4 is 27.0 Å². The van der Waals surface area contributed by atoms with E-state index in [4.69, 9.17) is 10.5 Å². The fourth-order valence-electron chi connectivity index (χ4n) is 10.7. The number of nitrogens with zero attached hydrogens (tertiary/aromatic N) is 6. The van der Waals surface area contributed by atoms with Crippen LogP contribution in [0.3, 0.4) is 0 Å². The summed E-state index contributed by atoms with van der Waals surface area (Å²) < 4.78 is 6.27. The molecule has 0 bridgehead atoms. The number of likely N-dealkylation sites (N-methyl/N-ethyl adjacent to an activating group) is 5. The van der Waals surface area contributed by atoms with Crippen LogP contribution >= 0.6 is 0 Å². The van der Waals surface area contributed by atoms with Crippen molar-refractivity contribution in [3.05, 3.63) is 0 Å². The quantitative estimate of drug-likeness (QED) is 0.0341. The first-order valence-electron chi connectivity index (χ1n) is 31.5. The van der Waals surface area contributed by atoms with E-state index in [9.17, 15) is 63.0 Å². The van der Waals surface area contributed by atoms with Crippen LogP contribution in [0.1, 0.15) is 175 Å². The van der Waals surface area contributed by atoms with Crippen LogP contribution in [0.15, 0.2) is 0 Å². The van der Waals surface area contributed by atoms with E-state index in [1.54, 1.807) is 18.7 Å². The van der Waals surface area contributed by atoms with Gasteiger partial charge in [0.15, 0.2) is 24.0 Å². The van der Waals surface area contributed by atoms with E-state index in [1.165, 1.54) is 72.7 Å². The van der Waals surface area contributed by atoms with Crippen LogP contribution in [0.2, 0.25) is 0 Å². The van der Waals surface area contributed by atoms with Gasteiger partial charge in [0.25, 0.3) is 5.91 Å². The molecule has 8 amide bonds. The van der Waals surface area contributed by atoms with Gasteiger partial charge in [-0.2, -0.15) is 0 Å². The van der Waals surface area contributed by atoms with Crippen molar-refractivity contribution < 1.29 is 67.7 Å². The Hall–Kier alpha value is -5.47. The molecule has 0 spiro atoms. The zero-order chi connectivity index (χ0) is 68.5. The number of amides is 8. The summed E-state index contributed by atoms with van der Waals surface area (Å²) in [6.45, 7) is 29.9. The molecule has 0 radical (unpaired) electrons. The van der Waals surface area contributed by atoms with Crippen molar-refractivity contribution in [2.24, 2.45) is 41.2 Å². The van der Waals surface area contributed by atoms with Crippen molar-refractivity contribution in [3.8, 4) is 0 Å². The first-order chi connectivity index (χ1) is 40.6. The second kappa shape index (κ2) is 38.9. The number of ether oxygens (including phenoxy) is 1. The first-order valence-corrected chi connectivity index (χ1v) is 31.5. The van der Waals surface area contributed by atoms with Crippen LogP contribution in [0.4, 0.5) is 0 Å². The molecule has 0 heterocycles. The maximum atomic E-state index is 14.6. The highest BCUT2D eigenvalue weighted by molar-refractivity contribution is 5.96. The molecule has 0 aromatic carbocycles. The lowest BCUT2D eigenvalue weighted by atomic mass is 9.93. The Bertz CT molecular complexity index is 2250. The molecule has 0 aromatic rings. The summed E-state index contributed by atoms with van der Waals surface area (Å²) in [6, 6.07) is -6.39. The molecule has 0 saturated carbocycles. The van der Waals surface area contributed by atoms with Gasteiger partial charge in [-0.1, -0.05) is 82.6 Å². The number of primary amides is 1. The van der Waals surface area contributed by atoms with Crippen molar-refractivity contribution in [2.75, 3.05) is 54.9 Å². The van der Waals surface area contributed by atoms with Gasteiger partial charge in [0.05, 0.1) is 31.0 Å². The van der Waals surface area contributed by atoms with Crippen LogP contribution in [0.5, 0.6) is 0 Å². The average molecular weight is 1250 g/mol. The molecule has 13 unspecified atom stereocenters. The molecule has 0 aliphatic rings. The van der Waals surface area contributed by atoms with Gasteiger partial charge in [-0.05, 0) is 122 Å². The predicted octanol–water partition coefficient (Wildman–Crippen LogP) is 2.66. The fraction of sp³-hybridized carbons (Fsp3) is 0.825. The van der Waals surface area contributed by atoms with Gasteiger partial charge in [0, 0.05) is 61.2 Å². The van der Waals surface area contributed by atoms with E-state index in [2.05, 4.69) is 21.3 Å². The Kier molecular flexibility index (Phi) is 36.5. The van der Waals surface area contributed by atoms with Crippen LogP contribution in [0.25, 0.3) is 0 Å². The third kappa shape index (κ3) is 26.5. The minimum absolute atomic E-state index is 0.000902. The van der Waals surface area contributed by atoms with Crippen molar-refractivity contribution in [1.29, 1.82) is 0 Å². The molecule has 88 heavy (non-hydrogen) atoms. The van der Waals surface area contributed by atoms with Crippen LogP contribution in [-0.2, 0) is 57.5 Å². The number of aliphatic hydroxyl groups excluding tert-OH is 2. The Labute approximate surface area is 526 Å². The predicted molar refractivity (Wildman–Crippen MR) is 338 cm³/mol. The van der Waals surface area contributed by atoms with Gasteiger partial charge in [0.2, 0.25) is 41.4 Å². The zero-order valence-corrected chi connectivity index (χ0v) is 57.5. The number of nitrogens with two attached hydrogens (primary N) is 1. The summed E-state index contributed by atoms with van der Waals surface area (Å²) in [5.74, 6) is -5.93. The molecule has 508 valence electrons. The summed E-state index contributed by atoms with van der Waals surface area (Å²) in [5.41, 5.74) is 2.25. The highest BCUT2D eigenvalue weighted by Gasteiger charge is 2.44. The fourth-order valence-corrected chi connectivity index (χ4v) is 10.7. The lowest BCUT2D eigenvalue weighted by molar-refractivity contribution is -0.171. The standard InChI is InChI=1S/C63H117N11O14/c1-23-24-51(68-62(17,36-76)88-56(41(8)9)61(87)70(19)49(57(64)83)29-39(4)5)65-33-44(13)30-48(35-75)67-63(37-77,32-40(6)7)73(22)53(82)34-69(18)59(85)54(45(14)78)66-58(84)50(31-43(12)27-28-74(42(10)11)47(16)80)71(20)60(86)55(46(15)79)72(21)52(81)26-25-38(2)3/h35-46,48-51,54-56,65,67-68,78-79H,23-34H2,1-22H3,(H2,64,83)(H,66,84).